The number of carboxylic acid groups (broad SMARTS) is 1. The van der Waals surface area contributed by atoms with Crippen molar-refractivity contribution < 1.29 is 18.3 Å². The van der Waals surface area contributed by atoms with Crippen LogP contribution in [-0.4, -0.2) is 41.9 Å². The highest BCUT2D eigenvalue weighted by atomic mass is 79.9. The average Bonchev–Trinajstić information content (AvgIpc) is 2.79. The number of aromatic nitrogens is 1. The van der Waals surface area contributed by atoms with Crippen LogP contribution in [0.1, 0.15) is 6.42 Å². The second kappa shape index (κ2) is 4.94. The largest absolute Gasteiger partial charge is 0.481 e. The van der Waals surface area contributed by atoms with Crippen molar-refractivity contribution in [3.05, 3.63) is 22.9 Å². The first-order valence-electron chi connectivity index (χ1n) is 5.25. The fourth-order valence-electron chi connectivity index (χ4n) is 1.83. The minimum Gasteiger partial charge on any atom is -0.481 e. The highest BCUT2D eigenvalue weighted by Gasteiger charge is 2.35. The molecule has 1 fully saturated rings. The summed E-state index contributed by atoms with van der Waals surface area (Å²) in [4.78, 5) is 14.7. The molecule has 1 aromatic heterocycles. The second-order valence-electron chi connectivity index (χ2n) is 4.03. The van der Waals surface area contributed by atoms with Crippen LogP contribution in [-0.2, 0) is 14.8 Å². The van der Waals surface area contributed by atoms with Crippen molar-refractivity contribution in [2.45, 2.75) is 11.3 Å². The van der Waals surface area contributed by atoms with E-state index in [1.165, 1.54) is 22.8 Å². The molecule has 0 saturated carbocycles. The van der Waals surface area contributed by atoms with Crippen LogP contribution in [0.3, 0.4) is 0 Å². The lowest BCUT2D eigenvalue weighted by Crippen LogP contribution is -2.30. The van der Waals surface area contributed by atoms with E-state index < -0.39 is 21.9 Å². The van der Waals surface area contributed by atoms with E-state index in [-0.39, 0.29) is 18.0 Å². The Bertz CT molecular complexity index is 575. The van der Waals surface area contributed by atoms with Gasteiger partial charge < -0.3 is 5.11 Å². The lowest BCUT2D eigenvalue weighted by atomic mass is 10.1. The fraction of sp³-hybridized carbons (Fsp3) is 0.400. The Morgan fingerprint density at radius 3 is 2.78 bits per heavy atom. The Hall–Kier alpha value is -0.990. The summed E-state index contributed by atoms with van der Waals surface area (Å²) in [6.45, 7) is 0.246. The van der Waals surface area contributed by atoms with Crippen molar-refractivity contribution >= 4 is 31.9 Å². The zero-order valence-electron chi connectivity index (χ0n) is 9.28. The Morgan fingerprint density at radius 2 is 2.22 bits per heavy atom. The first kappa shape index (κ1) is 13.4. The van der Waals surface area contributed by atoms with Crippen LogP contribution in [0.2, 0.25) is 0 Å². The van der Waals surface area contributed by atoms with Gasteiger partial charge in [0.1, 0.15) is 4.90 Å². The third-order valence-electron chi connectivity index (χ3n) is 2.82. The Morgan fingerprint density at radius 1 is 1.50 bits per heavy atom. The summed E-state index contributed by atoms with van der Waals surface area (Å²) in [7, 11) is -3.65. The summed E-state index contributed by atoms with van der Waals surface area (Å²) in [5.41, 5.74) is 0. The number of carbonyl (C=O) groups is 1. The van der Waals surface area contributed by atoms with Crippen LogP contribution >= 0.6 is 15.9 Å². The SMILES string of the molecule is O=C(O)C1CCN(S(=O)(=O)c2cncc(Br)c2)C1. The van der Waals surface area contributed by atoms with Crippen molar-refractivity contribution in [2.24, 2.45) is 5.92 Å². The molecule has 0 amide bonds. The van der Waals surface area contributed by atoms with Crippen LogP contribution in [0.25, 0.3) is 0 Å². The second-order valence-corrected chi connectivity index (χ2v) is 6.88. The first-order valence-corrected chi connectivity index (χ1v) is 7.48. The lowest BCUT2D eigenvalue weighted by Gasteiger charge is -2.15. The number of hydrogen-bond donors (Lipinski definition) is 1. The first-order chi connectivity index (χ1) is 8.41. The molecular weight excluding hydrogens is 324 g/mol. The molecule has 2 rings (SSSR count). The van der Waals surface area contributed by atoms with E-state index >= 15 is 0 Å². The molecule has 1 aromatic rings. The number of hydrogen-bond acceptors (Lipinski definition) is 4. The number of nitrogens with zero attached hydrogens (tertiary/aromatic N) is 2. The number of pyridine rings is 1. The Labute approximate surface area is 113 Å². The summed E-state index contributed by atoms with van der Waals surface area (Å²) in [6.07, 6.45) is 3.09. The highest BCUT2D eigenvalue weighted by molar-refractivity contribution is 9.10. The van der Waals surface area contributed by atoms with Gasteiger partial charge in [0.15, 0.2) is 0 Å². The molecule has 6 nitrogen and oxygen atoms in total. The van der Waals surface area contributed by atoms with Crippen molar-refractivity contribution in [1.82, 2.24) is 9.29 Å². The van der Waals surface area contributed by atoms with Crippen molar-refractivity contribution in [1.29, 1.82) is 0 Å². The zero-order valence-corrected chi connectivity index (χ0v) is 11.7. The van der Waals surface area contributed by atoms with Crippen LogP contribution in [0.4, 0.5) is 0 Å². The summed E-state index contributed by atoms with van der Waals surface area (Å²) in [5, 5.41) is 8.87. The average molecular weight is 335 g/mol. The van der Waals surface area contributed by atoms with Gasteiger partial charge in [0.05, 0.1) is 5.92 Å². The molecule has 0 spiro atoms. The maximum Gasteiger partial charge on any atom is 0.307 e. The van der Waals surface area contributed by atoms with Crippen LogP contribution < -0.4 is 0 Å². The van der Waals surface area contributed by atoms with E-state index in [1.807, 2.05) is 0 Å². The number of carboxylic acids is 1. The van der Waals surface area contributed by atoms with Gasteiger partial charge in [-0.15, -0.1) is 0 Å². The van der Waals surface area contributed by atoms with Gasteiger partial charge in [-0.25, -0.2) is 8.42 Å². The summed E-state index contributed by atoms with van der Waals surface area (Å²) in [5.74, 6) is -1.58. The minimum atomic E-state index is -3.65. The predicted octanol–water partition coefficient (Wildman–Crippen LogP) is 0.939. The quantitative estimate of drug-likeness (QED) is 0.888. The third-order valence-corrected chi connectivity index (χ3v) is 5.08. The smallest absolute Gasteiger partial charge is 0.307 e. The fourth-order valence-corrected chi connectivity index (χ4v) is 3.84. The van der Waals surface area contributed by atoms with Crippen LogP contribution in [0, 0.1) is 5.92 Å². The maximum absolute atomic E-state index is 12.2. The standard InChI is InChI=1S/C10H11BrN2O4S/c11-8-3-9(5-12-4-8)18(16,17)13-2-1-7(6-13)10(14)15/h3-5,7H,1-2,6H2,(H,14,15). The highest BCUT2D eigenvalue weighted by Crippen LogP contribution is 2.25. The van der Waals surface area contributed by atoms with Gasteiger partial charge in [0.2, 0.25) is 10.0 Å². The predicted molar refractivity (Wildman–Crippen MR) is 66.4 cm³/mol. The van der Waals surface area contributed by atoms with E-state index in [1.54, 1.807) is 0 Å². The normalized spacial score (nSPS) is 21.1. The molecule has 98 valence electrons. The molecular formula is C10H11BrN2O4S. The molecule has 1 unspecified atom stereocenters. The topological polar surface area (TPSA) is 87.6 Å². The van der Waals surface area contributed by atoms with Crippen molar-refractivity contribution in [3.63, 3.8) is 0 Å². The van der Waals surface area contributed by atoms with E-state index in [0.29, 0.717) is 10.9 Å². The Balaban J connectivity index is 2.25. The number of sulfonamides is 1. The van der Waals surface area contributed by atoms with Gasteiger partial charge in [0, 0.05) is 30.0 Å². The number of aliphatic carboxylic acids is 1. The molecule has 0 radical (unpaired) electrons. The maximum atomic E-state index is 12.2. The summed E-state index contributed by atoms with van der Waals surface area (Å²) in [6, 6.07) is 1.45. The van der Waals surface area contributed by atoms with Crippen molar-refractivity contribution in [2.75, 3.05) is 13.1 Å². The van der Waals surface area contributed by atoms with Gasteiger partial charge in [0.25, 0.3) is 0 Å². The molecule has 0 aliphatic carbocycles. The molecule has 1 aliphatic heterocycles. The van der Waals surface area contributed by atoms with Gasteiger partial charge in [-0.2, -0.15) is 4.31 Å². The van der Waals surface area contributed by atoms with Crippen LogP contribution in [0.5, 0.6) is 0 Å². The van der Waals surface area contributed by atoms with Crippen molar-refractivity contribution in [3.8, 4) is 0 Å². The van der Waals surface area contributed by atoms with E-state index in [9.17, 15) is 13.2 Å². The van der Waals surface area contributed by atoms with E-state index in [2.05, 4.69) is 20.9 Å². The minimum absolute atomic E-state index is 0.0180. The van der Waals surface area contributed by atoms with E-state index in [4.69, 9.17) is 5.11 Å². The summed E-state index contributed by atoms with van der Waals surface area (Å²) >= 11 is 3.16. The molecule has 1 saturated heterocycles. The molecule has 1 N–H and O–H groups in total. The molecule has 8 heteroatoms. The molecule has 18 heavy (non-hydrogen) atoms. The number of halogens is 1. The van der Waals surface area contributed by atoms with Gasteiger partial charge >= 0.3 is 5.97 Å². The van der Waals surface area contributed by atoms with Gasteiger partial charge in [-0.05, 0) is 28.4 Å². The van der Waals surface area contributed by atoms with E-state index in [0.717, 1.165) is 0 Å². The molecule has 2 heterocycles. The lowest BCUT2D eigenvalue weighted by molar-refractivity contribution is -0.141. The molecule has 0 aromatic carbocycles. The van der Waals surface area contributed by atoms with Gasteiger partial charge in [-0.1, -0.05) is 0 Å². The molecule has 0 bridgehead atoms. The van der Waals surface area contributed by atoms with Gasteiger partial charge in [-0.3, -0.25) is 9.78 Å². The summed E-state index contributed by atoms with van der Waals surface area (Å²) < 4.78 is 26.2. The Kier molecular flexibility index (Phi) is 3.69. The third kappa shape index (κ3) is 2.55. The van der Waals surface area contributed by atoms with Crippen LogP contribution in [0.15, 0.2) is 27.8 Å². The number of rotatable bonds is 3. The molecule has 1 aliphatic rings. The monoisotopic (exact) mass is 334 g/mol. The zero-order chi connectivity index (χ0) is 13.3. The molecule has 1 atom stereocenters.